The molecule has 0 aromatic heterocycles. The third kappa shape index (κ3) is 5.24. The van der Waals surface area contributed by atoms with Gasteiger partial charge < -0.3 is 14.8 Å². The number of nitro groups is 1. The fraction of sp³-hybridized carbons (Fsp3) is 0.222. The van der Waals surface area contributed by atoms with Gasteiger partial charge in [-0.05, 0) is 43.7 Å². The summed E-state index contributed by atoms with van der Waals surface area (Å²) in [6, 6.07) is 7.58. The molecule has 0 heterocycles. The summed E-state index contributed by atoms with van der Waals surface area (Å²) in [6.45, 7) is 2.98. The minimum atomic E-state index is -0.872. The van der Waals surface area contributed by atoms with Crippen molar-refractivity contribution in [3.05, 3.63) is 63.5 Å². The number of nitrogens with one attached hydrogen (secondary N) is 1. The van der Waals surface area contributed by atoms with Crippen molar-refractivity contribution >= 4 is 23.3 Å². The second-order valence-corrected chi connectivity index (χ2v) is 5.45. The van der Waals surface area contributed by atoms with E-state index < -0.39 is 29.2 Å². The second-order valence-electron chi connectivity index (χ2n) is 5.45. The predicted molar refractivity (Wildman–Crippen MR) is 94.3 cm³/mol. The van der Waals surface area contributed by atoms with Crippen LogP contribution in [0.15, 0.2) is 36.4 Å². The Kier molecular flexibility index (Phi) is 6.42. The Morgan fingerprint density at radius 1 is 1.22 bits per heavy atom. The van der Waals surface area contributed by atoms with Gasteiger partial charge in [-0.3, -0.25) is 14.9 Å². The van der Waals surface area contributed by atoms with E-state index in [-0.39, 0.29) is 22.7 Å². The van der Waals surface area contributed by atoms with Crippen molar-refractivity contribution < 1.29 is 28.4 Å². The molecule has 0 saturated heterocycles. The van der Waals surface area contributed by atoms with Gasteiger partial charge in [-0.25, -0.2) is 9.18 Å². The van der Waals surface area contributed by atoms with Crippen molar-refractivity contribution in [2.45, 2.75) is 13.8 Å². The molecule has 8 nitrogen and oxygen atoms in total. The molecule has 0 radical (unpaired) electrons. The Bertz CT molecular complexity index is 884. The highest BCUT2D eigenvalue weighted by Crippen LogP contribution is 2.29. The maximum Gasteiger partial charge on any atom is 0.339 e. The number of carbonyl (C=O) groups is 2. The van der Waals surface area contributed by atoms with Crippen LogP contribution >= 0.6 is 0 Å². The minimum absolute atomic E-state index is 0.00477. The number of esters is 1. The van der Waals surface area contributed by atoms with Crippen LogP contribution in [0.25, 0.3) is 0 Å². The van der Waals surface area contributed by atoms with Crippen molar-refractivity contribution in [1.82, 2.24) is 0 Å². The molecule has 0 atom stereocenters. The van der Waals surface area contributed by atoms with Crippen molar-refractivity contribution in [2.75, 3.05) is 18.5 Å². The largest absolute Gasteiger partial charge is 0.494 e. The van der Waals surface area contributed by atoms with E-state index in [0.717, 1.165) is 6.07 Å². The van der Waals surface area contributed by atoms with Crippen LogP contribution < -0.4 is 10.1 Å². The topological polar surface area (TPSA) is 108 Å². The van der Waals surface area contributed by atoms with E-state index in [1.165, 1.54) is 30.3 Å². The first-order valence-electron chi connectivity index (χ1n) is 7.96. The number of carbonyl (C=O) groups excluding carboxylic acids is 2. The molecule has 0 bridgehead atoms. The number of amides is 1. The van der Waals surface area contributed by atoms with Crippen molar-refractivity contribution in [3.63, 3.8) is 0 Å². The molecule has 2 aromatic carbocycles. The minimum Gasteiger partial charge on any atom is -0.494 e. The third-order valence-corrected chi connectivity index (χ3v) is 3.50. The van der Waals surface area contributed by atoms with E-state index in [0.29, 0.717) is 12.2 Å². The van der Waals surface area contributed by atoms with E-state index in [2.05, 4.69) is 5.32 Å². The molecule has 2 rings (SSSR count). The van der Waals surface area contributed by atoms with Gasteiger partial charge in [-0.2, -0.15) is 0 Å². The molecule has 0 aliphatic heterocycles. The summed E-state index contributed by atoms with van der Waals surface area (Å²) in [4.78, 5) is 34.4. The Hall–Kier alpha value is -3.49. The molecule has 142 valence electrons. The highest BCUT2D eigenvalue weighted by atomic mass is 19.1. The molecule has 0 saturated carbocycles. The zero-order valence-corrected chi connectivity index (χ0v) is 14.7. The Labute approximate surface area is 154 Å². The Morgan fingerprint density at radius 2 is 1.96 bits per heavy atom. The van der Waals surface area contributed by atoms with E-state index >= 15 is 0 Å². The molecular formula is C18H17FN2O6. The van der Waals surface area contributed by atoms with E-state index in [1.54, 1.807) is 13.8 Å². The lowest BCUT2D eigenvalue weighted by Gasteiger charge is -2.09. The number of anilines is 1. The summed E-state index contributed by atoms with van der Waals surface area (Å²) in [5.74, 6) is -1.97. The first-order valence-corrected chi connectivity index (χ1v) is 7.96. The van der Waals surface area contributed by atoms with Crippen LogP contribution in [0.5, 0.6) is 5.75 Å². The van der Waals surface area contributed by atoms with E-state index in [4.69, 9.17) is 9.47 Å². The molecule has 0 aliphatic rings. The number of rotatable bonds is 7. The van der Waals surface area contributed by atoms with Crippen molar-refractivity contribution in [2.24, 2.45) is 0 Å². The highest BCUT2D eigenvalue weighted by molar-refractivity contribution is 5.97. The highest BCUT2D eigenvalue weighted by Gasteiger charge is 2.19. The maximum absolute atomic E-state index is 13.2. The number of aryl methyl sites for hydroxylation is 1. The maximum atomic E-state index is 13.2. The van der Waals surface area contributed by atoms with Gasteiger partial charge in [0.15, 0.2) is 6.61 Å². The molecule has 0 fully saturated rings. The first-order chi connectivity index (χ1) is 12.8. The lowest BCUT2D eigenvalue weighted by atomic mass is 10.1. The Balaban J connectivity index is 2.04. The quantitative estimate of drug-likeness (QED) is 0.451. The number of hydrogen-bond donors (Lipinski definition) is 1. The molecule has 1 N–H and O–H groups in total. The molecular weight excluding hydrogens is 359 g/mol. The third-order valence-electron chi connectivity index (χ3n) is 3.50. The van der Waals surface area contributed by atoms with E-state index in [9.17, 15) is 24.1 Å². The van der Waals surface area contributed by atoms with Crippen LogP contribution in [-0.2, 0) is 9.53 Å². The Morgan fingerprint density at radius 3 is 2.63 bits per heavy atom. The van der Waals surface area contributed by atoms with Crippen LogP contribution in [-0.4, -0.2) is 30.0 Å². The normalized spacial score (nSPS) is 10.2. The molecule has 0 spiro atoms. The van der Waals surface area contributed by atoms with Crippen molar-refractivity contribution in [3.8, 4) is 5.75 Å². The number of nitro benzene ring substituents is 1. The fourth-order valence-electron chi connectivity index (χ4n) is 2.23. The lowest BCUT2D eigenvalue weighted by Crippen LogP contribution is -2.21. The summed E-state index contributed by atoms with van der Waals surface area (Å²) in [5.41, 5.74) is 0.0619. The average Bonchev–Trinajstić information content (AvgIpc) is 2.63. The van der Waals surface area contributed by atoms with E-state index in [1.807, 2.05) is 0 Å². The molecule has 2 aromatic rings. The lowest BCUT2D eigenvalue weighted by molar-refractivity contribution is -0.384. The monoisotopic (exact) mass is 376 g/mol. The molecule has 0 aliphatic carbocycles. The van der Waals surface area contributed by atoms with Crippen LogP contribution in [0.1, 0.15) is 22.8 Å². The second kappa shape index (κ2) is 8.75. The summed E-state index contributed by atoms with van der Waals surface area (Å²) in [6.07, 6.45) is 0. The number of ether oxygens (including phenoxy) is 2. The van der Waals surface area contributed by atoms with Gasteiger partial charge in [0.05, 0.1) is 23.2 Å². The molecule has 0 unspecified atom stereocenters. The predicted octanol–water partition coefficient (Wildman–Crippen LogP) is 3.24. The van der Waals surface area contributed by atoms with Gasteiger partial charge in [0.1, 0.15) is 17.3 Å². The van der Waals surface area contributed by atoms with Gasteiger partial charge in [-0.15, -0.1) is 0 Å². The molecule has 1 amide bonds. The summed E-state index contributed by atoms with van der Waals surface area (Å²) in [5, 5.41) is 13.5. The standard InChI is InChI=1S/C18H17FN2O6/c1-3-26-13-6-7-15(16(9-13)21(24)25)20-17(22)10-27-18(23)14-8-12(19)5-4-11(14)2/h4-9H,3,10H2,1-2H3,(H,20,22). The molecule has 27 heavy (non-hydrogen) atoms. The number of nitrogens with zero attached hydrogens (tertiary/aromatic N) is 1. The van der Waals surface area contributed by atoms with Crippen LogP contribution in [0.2, 0.25) is 0 Å². The molecule has 9 heteroatoms. The van der Waals surface area contributed by atoms with Gasteiger partial charge in [0.25, 0.3) is 11.6 Å². The van der Waals surface area contributed by atoms with Crippen LogP contribution in [0.3, 0.4) is 0 Å². The fourth-order valence-corrected chi connectivity index (χ4v) is 2.23. The number of hydrogen-bond acceptors (Lipinski definition) is 6. The van der Waals surface area contributed by atoms with Gasteiger partial charge in [-0.1, -0.05) is 6.07 Å². The zero-order chi connectivity index (χ0) is 20.0. The average molecular weight is 376 g/mol. The number of halogens is 1. The summed E-state index contributed by atoms with van der Waals surface area (Å²) in [7, 11) is 0. The van der Waals surface area contributed by atoms with Gasteiger partial charge in [0.2, 0.25) is 0 Å². The van der Waals surface area contributed by atoms with Gasteiger partial charge in [0, 0.05) is 0 Å². The van der Waals surface area contributed by atoms with Crippen molar-refractivity contribution in [1.29, 1.82) is 0 Å². The van der Waals surface area contributed by atoms with Gasteiger partial charge >= 0.3 is 5.97 Å². The summed E-state index contributed by atoms with van der Waals surface area (Å²) >= 11 is 0. The SMILES string of the molecule is CCOc1ccc(NC(=O)COC(=O)c2cc(F)ccc2C)c([N+](=O)[O-])c1. The first kappa shape index (κ1) is 19.8. The zero-order valence-electron chi connectivity index (χ0n) is 14.7. The van der Waals surface area contributed by atoms with Crippen LogP contribution in [0, 0.1) is 22.9 Å². The van der Waals surface area contributed by atoms with Crippen LogP contribution in [0.4, 0.5) is 15.8 Å². The smallest absolute Gasteiger partial charge is 0.339 e. The number of benzene rings is 2. The summed E-state index contributed by atoms with van der Waals surface area (Å²) < 4.78 is 23.3.